The van der Waals surface area contributed by atoms with Crippen LogP contribution in [0.3, 0.4) is 0 Å². The molecule has 3 heteroatoms. The van der Waals surface area contributed by atoms with Crippen molar-refractivity contribution in [3.8, 4) is 0 Å². The smallest absolute Gasteiger partial charge is 0.110 e. The highest BCUT2D eigenvalue weighted by Crippen LogP contribution is 2.16. The highest BCUT2D eigenvalue weighted by atomic mass is 127. The van der Waals surface area contributed by atoms with Gasteiger partial charge in [-0.1, -0.05) is 59.0 Å². The third-order valence-corrected chi connectivity index (χ3v) is 3.29. The monoisotopic (exact) mass is 354 g/mol. The van der Waals surface area contributed by atoms with E-state index < -0.39 is 0 Å². The molecule has 9 heavy (non-hydrogen) atoms. The largest absolute Gasteiger partial charge is 0.354 e. The maximum absolute atomic E-state index is 5.52. The van der Waals surface area contributed by atoms with E-state index in [1.165, 1.54) is 0 Å². The zero-order valence-electron chi connectivity index (χ0n) is 5.73. The van der Waals surface area contributed by atoms with Gasteiger partial charge in [-0.2, -0.15) is 0 Å². The fourth-order valence-electron chi connectivity index (χ4n) is 0.353. The summed E-state index contributed by atoms with van der Waals surface area (Å²) in [6.07, 6.45) is 2.19. The molecule has 0 amide bonds. The van der Waals surface area contributed by atoms with Gasteiger partial charge in [0.25, 0.3) is 0 Å². The fraction of sp³-hybridized carbons (Fsp3) is 1.00. The van der Waals surface area contributed by atoms with E-state index in [0.717, 1.165) is 12.8 Å². The molecule has 0 aromatic carbocycles. The van der Waals surface area contributed by atoms with Crippen molar-refractivity contribution in [1.29, 1.82) is 0 Å². The van der Waals surface area contributed by atoms with Gasteiger partial charge in [0, 0.05) is 0 Å². The Bertz CT molecular complexity index is 60.1. The zero-order valence-corrected chi connectivity index (χ0v) is 10.0. The molecule has 0 radical (unpaired) electrons. The van der Waals surface area contributed by atoms with Gasteiger partial charge in [0.15, 0.2) is 0 Å². The van der Waals surface area contributed by atoms with Crippen LogP contribution in [0.5, 0.6) is 0 Å². The maximum atomic E-state index is 5.52. The van der Waals surface area contributed by atoms with E-state index >= 15 is 0 Å². The lowest BCUT2D eigenvalue weighted by Crippen LogP contribution is -2.09. The molecule has 0 aromatic rings. The molecule has 0 N–H and O–H groups in total. The second-order valence-corrected chi connectivity index (χ2v) is 4.55. The minimum absolute atomic E-state index is 0.393. The molecular weight excluding hydrogens is 342 g/mol. The van der Waals surface area contributed by atoms with E-state index in [4.69, 9.17) is 4.74 Å². The topological polar surface area (TPSA) is 9.23 Å². The molecule has 0 bridgehead atoms. The summed E-state index contributed by atoms with van der Waals surface area (Å²) >= 11 is 4.63. The van der Waals surface area contributed by atoms with Gasteiger partial charge < -0.3 is 4.74 Å². The van der Waals surface area contributed by atoms with E-state index in [2.05, 4.69) is 59.0 Å². The molecule has 0 rings (SSSR count). The standard InChI is InChI=1S/C6H12I2O/c1-3-5(7)9-6(8)4-2/h5-6H,3-4H2,1-2H3. The van der Waals surface area contributed by atoms with Gasteiger partial charge >= 0.3 is 0 Å². The van der Waals surface area contributed by atoms with Crippen molar-refractivity contribution in [2.45, 2.75) is 34.9 Å². The molecule has 0 aliphatic carbocycles. The van der Waals surface area contributed by atoms with Crippen LogP contribution in [-0.4, -0.2) is 8.22 Å². The summed E-state index contributed by atoms with van der Waals surface area (Å²) in [7, 11) is 0. The van der Waals surface area contributed by atoms with Crippen LogP contribution in [0.1, 0.15) is 26.7 Å². The summed E-state index contributed by atoms with van der Waals surface area (Å²) < 4.78 is 6.31. The molecule has 0 spiro atoms. The Balaban J connectivity index is 3.22. The molecule has 0 saturated carbocycles. The van der Waals surface area contributed by atoms with E-state index in [1.807, 2.05) is 0 Å². The van der Waals surface area contributed by atoms with Gasteiger partial charge in [0.05, 0.1) is 0 Å². The molecule has 2 unspecified atom stereocenters. The second kappa shape index (κ2) is 6.15. The van der Waals surface area contributed by atoms with Crippen molar-refractivity contribution in [1.82, 2.24) is 0 Å². The lowest BCUT2D eigenvalue weighted by molar-refractivity contribution is 0.108. The van der Waals surface area contributed by atoms with E-state index in [1.54, 1.807) is 0 Å². The van der Waals surface area contributed by atoms with Crippen LogP contribution in [0.25, 0.3) is 0 Å². The van der Waals surface area contributed by atoms with Crippen molar-refractivity contribution in [2.75, 3.05) is 0 Å². The highest BCUT2D eigenvalue weighted by molar-refractivity contribution is 14.1. The van der Waals surface area contributed by atoms with Gasteiger partial charge in [-0.25, -0.2) is 0 Å². The van der Waals surface area contributed by atoms with Crippen molar-refractivity contribution in [3.63, 3.8) is 0 Å². The molecule has 0 fully saturated rings. The number of halogens is 2. The Kier molecular flexibility index (Phi) is 7.12. The van der Waals surface area contributed by atoms with Crippen molar-refractivity contribution in [3.05, 3.63) is 0 Å². The Hall–Kier alpha value is 1.42. The van der Waals surface area contributed by atoms with E-state index in [9.17, 15) is 0 Å². The Labute approximate surface area is 84.2 Å². The predicted molar refractivity (Wildman–Crippen MR) is 57.3 cm³/mol. The molecule has 0 heterocycles. The number of hydrogen-bond acceptors (Lipinski definition) is 1. The lowest BCUT2D eigenvalue weighted by atomic mass is 10.5. The van der Waals surface area contributed by atoms with E-state index in [-0.39, 0.29) is 0 Å². The summed E-state index contributed by atoms with van der Waals surface area (Å²) in [5.74, 6) is 0. The van der Waals surface area contributed by atoms with Crippen molar-refractivity contribution in [2.24, 2.45) is 0 Å². The zero-order chi connectivity index (χ0) is 7.28. The summed E-state index contributed by atoms with van der Waals surface area (Å²) in [4.78, 5) is 0. The van der Waals surface area contributed by atoms with Gasteiger partial charge in [-0.05, 0) is 12.8 Å². The molecular formula is C6H12I2O. The van der Waals surface area contributed by atoms with Gasteiger partial charge in [0.2, 0.25) is 0 Å². The first-order chi connectivity index (χ1) is 4.20. The van der Waals surface area contributed by atoms with Crippen LogP contribution in [0.15, 0.2) is 0 Å². The van der Waals surface area contributed by atoms with Crippen LogP contribution in [-0.2, 0) is 4.74 Å². The Morgan fingerprint density at radius 2 is 1.44 bits per heavy atom. The van der Waals surface area contributed by atoms with Gasteiger partial charge in [-0.15, -0.1) is 0 Å². The lowest BCUT2D eigenvalue weighted by Gasteiger charge is -2.12. The summed E-state index contributed by atoms with van der Waals surface area (Å²) in [5, 5.41) is 0. The molecule has 1 nitrogen and oxygen atoms in total. The van der Waals surface area contributed by atoms with Crippen molar-refractivity contribution >= 4 is 45.2 Å². The minimum atomic E-state index is 0.393. The number of hydrogen-bond donors (Lipinski definition) is 0. The third kappa shape index (κ3) is 5.84. The maximum Gasteiger partial charge on any atom is 0.110 e. The Morgan fingerprint density at radius 1 is 1.11 bits per heavy atom. The number of alkyl halides is 2. The van der Waals surface area contributed by atoms with E-state index in [0.29, 0.717) is 8.22 Å². The SMILES string of the molecule is CCC(I)OC(I)CC. The molecule has 0 aliphatic rings. The van der Waals surface area contributed by atoms with Crippen LogP contribution < -0.4 is 0 Å². The van der Waals surface area contributed by atoms with Crippen molar-refractivity contribution < 1.29 is 4.74 Å². The molecule has 0 aromatic heterocycles. The average molecular weight is 354 g/mol. The normalized spacial score (nSPS) is 17.3. The quantitative estimate of drug-likeness (QED) is 0.556. The van der Waals surface area contributed by atoms with Crippen LogP contribution >= 0.6 is 45.2 Å². The molecule has 0 aliphatic heterocycles. The second-order valence-electron chi connectivity index (χ2n) is 1.77. The minimum Gasteiger partial charge on any atom is -0.354 e. The molecule has 56 valence electrons. The average Bonchev–Trinajstić information content (AvgIpc) is 1.87. The Morgan fingerprint density at radius 3 is 1.67 bits per heavy atom. The first kappa shape index (κ1) is 10.4. The number of rotatable bonds is 4. The van der Waals surface area contributed by atoms with Crippen LogP contribution in [0, 0.1) is 0 Å². The van der Waals surface area contributed by atoms with Gasteiger partial charge in [0.1, 0.15) is 8.22 Å². The predicted octanol–water partition coefficient (Wildman–Crippen LogP) is 3.35. The highest BCUT2D eigenvalue weighted by Gasteiger charge is 2.05. The first-order valence-electron chi connectivity index (χ1n) is 3.14. The summed E-state index contributed by atoms with van der Waals surface area (Å²) in [6, 6.07) is 0. The fourth-order valence-corrected chi connectivity index (χ4v) is 1.62. The summed E-state index contributed by atoms with van der Waals surface area (Å²) in [6.45, 7) is 4.27. The van der Waals surface area contributed by atoms with Crippen LogP contribution in [0.2, 0.25) is 0 Å². The molecule has 2 atom stereocenters. The number of ether oxygens (including phenoxy) is 1. The first-order valence-corrected chi connectivity index (χ1v) is 5.63. The van der Waals surface area contributed by atoms with Crippen LogP contribution in [0.4, 0.5) is 0 Å². The molecule has 0 saturated heterocycles. The van der Waals surface area contributed by atoms with Gasteiger partial charge in [-0.3, -0.25) is 0 Å². The third-order valence-electron chi connectivity index (χ3n) is 0.937. The summed E-state index contributed by atoms with van der Waals surface area (Å²) in [5.41, 5.74) is 0.